The molecule has 0 fully saturated rings. The monoisotopic (exact) mass is 552 g/mol. The van der Waals surface area contributed by atoms with Crippen LogP contribution in [0.5, 0.6) is 17.2 Å². The molecule has 216 valence electrons. The van der Waals surface area contributed by atoms with Gasteiger partial charge in [0, 0.05) is 11.6 Å². The van der Waals surface area contributed by atoms with Gasteiger partial charge in [-0.3, -0.25) is 0 Å². The van der Waals surface area contributed by atoms with Gasteiger partial charge >= 0.3 is 17.9 Å². The zero-order valence-corrected chi connectivity index (χ0v) is 23.7. The first-order valence-electron chi connectivity index (χ1n) is 13.6. The summed E-state index contributed by atoms with van der Waals surface area (Å²) in [4.78, 5) is 35.2. The van der Waals surface area contributed by atoms with Gasteiger partial charge in [0.15, 0.2) is 11.5 Å². The largest absolute Gasteiger partial charge is 0.494 e. The van der Waals surface area contributed by atoms with E-state index in [2.05, 4.69) is 11.3 Å². The number of unbranched alkanes of at least 4 members (excludes halogenated alkanes) is 7. The summed E-state index contributed by atoms with van der Waals surface area (Å²) in [5.74, 6) is 0.0308. The van der Waals surface area contributed by atoms with Crippen molar-refractivity contribution in [2.75, 3.05) is 27.4 Å². The van der Waals surface area contributed by atoms with Crippen LogP contribution in [0.1, 0.15) is 74.2 Å². The zero-order valence-electron chi connectivity index (χ0n) is 23.7. The van der Waals surface area contributed by atoms with Crippen LogP contribution in [0, 0.1) is 0 Å². The van der Waals surface area contributed by atoms with E-state index >= 15 is 0 Å². The van der Waals surface area contributed by atoms with E-state index < -0.39 is 11.9 Å². The molecule has 40 heavy (non-hydrogen) atoms. The molecule has 2 rings (SSSR count). The number of esters is 3. The molecule has 0 bridgehead atoms. The Balaban J connectivity index is 1.64. The number of benzene rings is 2. The topological polar surface area (TPSA) is 97.4 Å². The smallest absolute Gasteiger partial charge is 0.343 e. The molecule has 0 aliphatic rings. The van der Waals surface area contributed by atoms with E-state index in [1.165, 1.54) is 33.1 Å². The lowest BCUT2D eigenvalue weighted by atomic mass is 10.1. The standard InChI is InChI=1S/C32H40O8/c1-24(2)31(34)39-22-12-10-8-6-5-7-9-11-21-38-27-17-15-26(16-18-27)32(35)40-28-19-13-25(23-29(28)36-3)14-20-30(33)37-4/h13-20,23H,1,5-12,21-22H2,2-4H3. The van der Waals surface area contributed by atoms with Crippen LogP contribution in [0.15, 0.2) is 60.7 Å². The number of hydrogen-bond donors (Lipinski definition) is 0. The van der Waals surface area contributed by atoms with Crippen LogP contribution < -0.4 is 14.2 Å². The Labute approximate surface area is 236 Å². The molecule has 2 aromatic carbocycles. The molecule has 0 saturated carbocycles. The fourth-order valence-electron chi connectivity index (χ4n) is 3.69. The summed E-state index contributed by atoms with van der Waals surface area (Å²) >= 11 is 0. The molecule has 0 aromatic heterocycles. The maximum atomic E-state index is 12.6. The second-order valence-corrected chi connectivity index (χ2v) is 9.27. The highest BCUT2D eigenvalue weighted by Crippen LogP contribution is 2.29. The fourth-order valence-corrected chi connectivity index (χ4v) is 3.69. The highest BCUT2D eigenvalue weighted by Gasteiger charge is 2.13. The molecule has 0 spiro atoms. The maximum Gasteiger partial charge on any atom is 0.343 e. The number of carbonyl (C=O) groups is 3. The summed E-state index contributed by atoms with van der Waals surface area (Å²) in [5, 5.41) is 0. The van der Waals surface area contributed by atoms with Crippen LogP contribution in [0.25, 0.3) is 6.08 Å². The van der Waals surface area contributed by atoms with Crippen molar-refractivity contribution in [1.29, 1.82) is 0 Å². The van der Waals surface area contributed by atoms with E-state index in [0.29, 0.717) is 41.4 Å². The van der Waals surface area contributed by atoms with Crippen molar-refractivity contribution in [2.45, 2.75) is 58.3 Å². The SMILES string of the molecule is C=C(C)C(=O)OCCCCCCCCCCOc1ccc(C(=O)Oc2ccc(C=CC(=O)OC)cc2OC)cc1. The summed E-state index contributed by atoms with van der Waals surface area (Å²) in [7, 11) is 2.78. The van der Waals surface area contributed by atoms with E-state index in [1.54, 1.807) is 55.5 Å². The normalized spacial score (nSPS) is 10.7. The van der Waals surface area contributed by atoms with Crippen molar-refractivity contribution in [2.24, 2.45) is 0 Å². The minimum atomic E-state index is -0.518. The lowest BCUT2D eigenvalue weighted by Crippen LogP contribution is -2.09. The predicted octanol–water partition coefficient (Wildman–Crippen LogP) is 6.72. The van der Waals surface area contributed by atoms with Crippen LogP contribution in [0.3, 0.4) is 0 Å². The molecule has 0 saturated heterocycles. The fraction of sp³-hybridized carbons (Fsp3) is 0.406. The number of rotatable bonds is 18. The number of methoxy groups -OCH3 is 2. The molecule has 2 aromatic rings. The second-order valence-electron chi connectivity index (χ2n) is 9.27. The minimum absolute atomic E-state index is 0.271. The molecule has 0 unspecified atom stereocenters. The van der Waals surface area contributed by atoms with Gasteiger partial charge in [0.2, 0.25) is 0 Å². The van der Waals surface area contributed by atoms with Gasteiger partial charge in [0.05, 0.1) is 33.0 Å². The third-order valence-corrected chi connectivity index (χ3v) is 5.98. The highest BCUT2D eigenvalue weighted by atomic mass is 16.6. The predicted molar refractivity (Wildman–Crippen MR) is 154 cm³/mol. The first kappa shape index (κ1) is 32.1. The van der Waals surface area contributed by atoms with Gasteiger partial charge in [0.25, 0.3) is 0 Å². The summed E-state index contributed by atoms with van der Waals surface area (Å²) < 4.78 is 26.3. The lowest BCUT2D eigenvalue weighted by Gasteiger charge is -2.11. The molecular weight excluding hydrogens is 512 g/mol. The molecular formula is C32H40O8. The second kappa shape index (κ2) is 18.3. The molecule has 0 atom stereocenters. The van der Waals surface area contributed by atoms with Crippen molar-refractivity contribution in [1.82, 2.24) is 0 Å². The van der Waals surface area contributed by atoms with Gasteiger partial charge < -0.3 is 23.7 Å². The number of carbonyl (C=O) groups excluding carboxylic acids is 3. The third kappa shape index (κ3) is 12.2. The van der Waals surface area contributed by atoms with Crippen LogP contribution in [-0.2, 0) is 19.1 Å². The van der Waals surface area contributed by atoms with E-state index in [4.69, 9.17) is 18.9 Å². The average Bonchev–Trinajstić information content (AvgIpc) is 2.96. The Morgan fingerprint density at radius 3 is 2.02 bits per heavy atom. The minimum Gasteiger partial charge on any atom is -0.494 e. The summed E-state index contributed by atoms with van der Waals surface area (Å²) in [6, 6.07) is 11.8. The molecule has 0 heterocycles. The van der Waals surface area contributed by atoms with Gasteiger partial charge in [-0.25, -0.2) is 14.4 Å². The van der Waals surface area contributed by atoms with Crippen molar-refractivity contribution in [3.63, 3.8) is 0 Å². The Morgan fingerprint density at radius 1 is 0.800 bits per heavy atom. The summed E-state index contributed by atoms with van der Waals surface area (Å²) in [6.07, 6.45) is 11.5. The van der Waals surface area contributed by atoms with Gasteiger partial charge in [0.1, 0.15) is 5.75 Å². The van der Waals surface area contributed by atoms with Crippen molar-refractivity contribution in [3.05, 3.63) is 71.8 Å². The number of hydrogen-bond acceptors (Lipinski definition) is 8. The third-order valence-electron chi connectivity index (χ3n) is 5.98. The van der Waals surface area contributed by atoms with Gasteiger partial charge in [-0.05, 0) is 67.8 Å². The molecule has 0 aliphatic carbocycles. The first-order chi connectivity index (χ1) is 19.3. The summed E-state index contributed by atoms with van der Waals surface area (Å²) in [6.45, 7) is 6.30. The molecule has 8 nitrogen and oxygen atoms in total. The van der Waals surface area contributed by atoms with Crippen molar-refractivity contribution < 1.29 is 38.1 Å². The van der Waals surface area contributed by atoms with E-state index in [1.807, 2.05) is 0 Å². The quantitative estimate of drug-likeness (QED) is 0.0870. The van der Waals surface area contributed by atoms with E-state index in [9.17, 15) is 14.4 Å². The zero-order chi connectivity index (χ0) is 29.2. The first-order valence-corrected chi connectivity index (χ1v) is 13.6. The van der Waals surface area contributed by atoms with Crippen LogP contribution in [0.2, 0.25) is 0 Å². The van der Waals surface area contributed by atoms with Crippen LogP contribution >= 0.6 is 0 Å². The van der Waals surface area contributed by atoms with Crippen LogP contribution in [-0.4, -0.2) is 45.3 Å². The van der Waals surface area contributed by atoms with Crippen molar-refractivity contribution in [3.8, 4) is 17.2 Å². The lowest BCUT2D eigenvalue weighted by molar-refractivity contribution is -0.139. The van der Waals surface area contributed by atoms with Gasteiger partial charge in [-0.1, -0.05) is 51.2 Å². The molecule has 0 amide bonds. The molecule has 0 N–H and O–H groups in total. The highest BCUT2D eigenvalue weighted by molar-refractivity contribution is 5.91. The average molecular weight is 553 g/mol. The Bertz CT molecular complexity index is 1130. The Kier molecular flexibility index (Phi) is 14.7. The van der Waals surface area contributed by atoms with Gasteiger partial charge in [-0.2, -0.15) is 0 Å². The maximum absolute atomic E-state index is 12.6. The van der Waals surface area contributed by atoms with E-state index in [-0.39, 0.29) is 11.7 Å². The molecule has 0 aliphatic heterocycles. The Hall–Kier alpha value is -4.07. The summed E-state index contributed by atoms with van der Waals surface area (Å²) in [5.41, 5.74) is 1.52. The van der Waals surface area contributed by atoms with Crippen LogP contribution in [0.4, 0.5) is 0 Å². The van der Waals surface area contributed by atoms with Crippen molar-refractivity contribution >= 4 is 24.0 Å². The number of ether oxygens (including phenoxy) is 5. The Morgan fingerprint density at radius 2 is 1.43 bits per heavy atom. The molecule has 0 radical (unpaired) electrons. The van der Waals surface area contributed by atoms with Gasteiger partial charge in [-0.15, -0.1) is 0 Å². The molecule has 8 heteroatoms. The van der Waals surface area contributed by atoms with E-state index in [0.717, 1.165) is 38.5 Å².